The SMILES string of the molecule is CC(=O)N1CCc2ccc(S(=O)(=O)N3CC4CCCC(N)C4C3)cc2CC1.Cl. The summed E-state index contributed by atoms with van der Waals surface area (Å²) in [5, 5.41) is 0. The smallest absolute Gasteiger partial charge is 0.243 e. The molecule has 4 rings (SSSR count). The van der Waals surface area contributed by atoms with Gasteiger partial charge in [-0.2, -0.15) is 4.31 Å². The van der Waals surface area contributed by atoms with Gasteiger partial charge in [-0.3, -0.25) is 4.79 Å². The van der Waals surface area contributed by atoms with Crippen LogP contribution < -0.4 is 5.73 Å². The molecule has 0 bridgehead atoms. The Hall–Kier alpha value is -1.15. The van der Waals surface area contributed by atoms with Crippen LogP contribution >= 0.6 is 12.4 Å². The largest absolute Gasteiger partial charge is 0.342 e. The van der Waals surface area contributed by atoms with Crippen LogP contribution in [-0.4, -0.2) is 55.8 Å². The van der Waals surface area contributed by atoms with Gasteiger partial charge in [-0.25, -0.2) is 8.42 Å². The Morgan fingerprint density at radius 3 is 2.50 bits per heavy atom. The highest BCUT2D eigenvalue weighted by Crippen LogP contribution is 2.38. The third-order valence-electron chi connectivity index (χ3n) is 6.68. The first kappa shape index (κ1) is 21.6. The van der Waals surface area contributed by atoms with Crippen LogP contribution in [0.25, 0.3) is 0 Å². The first-order chi connectivity index (χ1) is 12.9. The summed E-state index contributed by atoms with van der Waals surface area (Å²) in [6.45, 7) is 4.07. The van der Waals surface area contributed by atoms with E-state index < -0.39 is 10.0 Å². The number of halogens is 1. The summed E-state index contributed by atoms with van der Waals surface area (Å²) in [5.74, 6) is 0.763. The van der Waals surface area contributed by atoms with Gasteiger partial charge in [0.15, 0.2) is 0 Å². The van der Waals surface area contributed by atoms with Crippen LogP contribution in [0.5, 0.6) is 0 Å². The lowest BCUT2D eigenvalue weighted by molar-refractivity contribution is -0.128. The summed E-state index contributed by atoms with van der Waals surface area (Å²) < 4.78 is 28.1. The molecule has 8 heteroatoms. The first-order valence-corrected chi connectivity index (χ1v) is 11.4. The molecule has 3 aliphatic rings. The molecule has 0 aromatic heterocycles. The van der Waals surface area contributed by atoms with E-state index in [-0.39, 0.29) is 24.4 Å². The molecule has 2 N–H and O–H groups in total. The molecular weight excluding hydrogens is 398 g/mol. The minimum Gasteiger partial charge on any atom is -0.342 e. The minimum absolute atomic E-state index is 0. The van der Waals surface area contributed by atoms with Crippen LogP contribution in [0.3, 0.4) is 0 Å². The second-order valence-electron chi connectivity index (χ2n) is 8.28. The van der Waals surface area contributed by atoms with Crippen molar-refractivity contribution in [2.24, 2.45) is 17.6 Å². The number of rotatable bonds is 2. The molecule has 1 saturated heterocycles. The molecule has 1 aromatic rings. The second-order valence-corrected chi connectivity index (χ2v) is 10.2. The van der Waals surface area contributed by atoms with E-state index in [0.717, 1.165) is 36.8 Å². The molecular formula is C20H30ClN3O3S. The maximum atomic E-state index is 13.2. The Morgan fingerprint density at radius 1 is 1.11 bits per heavy atom. The van der Waals surface area contributed by atoms with E-state index in [0.29, 0.717) is 49.3 Å². The molecule has 1 aromatic carbocycles. The van der Waals surface area contributed by atoms with Crippen LogP contribution in [0.1, 0.15) is 37.3 Å². The summed E-state index contributed by atoms with van der Waals surface area (Å²) >= 11 is 0. The van der Waals surface area contributed by atoms with Crippen LogP contribution in [0.2, 0.25) is 0 Å². The van der Waals surface area contributed by atoms with Gasteiger partial charge in [0.1, 0.15) is 0 Å². The van der Waals surface area contributed by atoms with Gasteiger partial charge >= 0.3 is 0 Å². The maximum Gasteiger partial charge on any atom is 0.243 e. The zero-order valence-electron chi connectivity index (χ0n) is 16.3. The topological polar surface area (TPSA) is 83.7 Å². The number of hydrogen-bond acceptors (Lipinski definition) is 4. The van der Waals surface area contributed by atoms with Crippen molar-refractivity contribution in [2.45, 2.75) is 50.0 Å². The lowest BCUT2D eigenvalue weighted by Crippen LogP contribution is -2.38. The van der Waals surface area contributed by atoms with Crippen molar-refractivity contribution >= 4 is 28.3 Å². The zero-order valence-corrected chi connectivity index (χ0v) is 18.0. The van der Waals surface area contributed by atoms with Gasteiger partial charge in [-0.05, 0) is 60.8 Å². The number of benzene rings is 1. The Kier molecular flexibility index (Phi) is 6.39. The molecule has 28 heavy (non-hydrogen) atoms. The summed E-state index contributed by atoms with van der Waals surface area (Å²) in [5.41, 5.74) is 8.45. The standard InChI is InChI=1S/C20H29N3O3S.ClH/c1-14(24)22-9-7-15-5-6-18(11-16(15)8-10-22)27(25,26)23-12-17-3-2-4-20(21)19(17)13-23;/h5-6,11,17,19-20H,2-4,7-10,12-13,21H2,1H3;1H. The number of amides is 1. The number of nitrogens with zero attached hydrogens (tertiary/aromatic N) is 2. The lowest BCUT2D eigenvalue weighted by Gasteiger charge is -2.29. The maximum absolute atomic E-state index is 13.2. The Bertz CT molecular complexity index is 845. The quantitative estimate of drug-likeness (QED) is 0.780. The number of nitrogens with two attached hydrogens (primary N) is 1. The summed E-state index contributed by atoms with van der Waals surface area (Å²) in [6.07, 6.45) is 4.66. The number of carbonyl (C=O) groups is 1. The van der Waals surface area contributed by atoms with E-state index >= 15 is 0 Å². The molecule has 6 nitrogen and oxygen atoms in total. The predicted molar refractivity (Wildman–Crippen MR) is 111 cm³/mol. The van der Waals surface area contributed by atoms with E-state index in [9.17, 15) is 13.2 Å². The summed E-state index contributed by atoms with van der Waals surface area (Å²) in [4.78, 5) is 13.9. The van der Waals surface area contributed by atoms with E-state index in [1.807, 2.05) is 17.0 Å². The summed E-state index contributed by atoms with van der Waals surface area (Å²) in [7, 11) is -3.50. The second kappa shape index (κ2) is 8.30. The third kappa shape index (κ3) is 3.95. The molecule has 2 fully saturated rings. The molecule has 0 spiro atoms. The van der Waals surface area contributed by atoms with Crippen LogP contribution in [0.4, 0.5) is 0 Å². The molecule has 2 aliphatic heterocycles. The van der Waals surface area contributed by atoms with E-state index in [1.165, 1.54) is 0 Å². The Labute approximate surface area is 173 Å². The van der Waals surface area contributed by atoms with E-state index in [1.54, 1.807) is 17.3 Å². The van der Waals surface area contributed by atoms with Gasteiger partial charge in [0.25, 0.3) is 0 Å². The van der Waals surface area contributed by atoms with Crippen molar-refractivity contribution in [2.75, 3.05) is 26.2 Å². The van der Waals surface area contributed by atoms with Gasteiger partial charge in [-0.15, -0.1) is 12.4 Å². The Balaban J connectivity index is 0.00000225. The highest BCUT2D eigenvalue weighted by molar-refractivity contribution is 7.89. The van der Waals surface area contributed by atoms with Crippen molar-refractivity contribution in [1.29, 1.82) is 0 Å². The minimum atomic E-state index is -3.50. The third-order valence-corrected chi connectivity index (χ3v) is 8.51. The van der Waals surface area contributed by atoms with Crippen molar-refractivity contribution in [3.63, 3.8) is 0 Å². The van der Waals surface area contributed by atoms with Crippen LogP contribution in [0, 0.1) is 11.8 Å². The van der Waals surface area contributed by atoms with Crippen molar-refractivity contribution in [3.05, 3.63) is 29.3 Å². The highest BCUT2D eigenvalue weighted by atomic mass is 35.5. The average Bonchev–Trinajstić information content (AvgIpc) is 2.97. The van der Waals surface area contributed by atoms with Crippen molar-refractivity contribution in [3.8, 4) is 0 Å². The molecule has 3 unspecified atom stereocenters. The van der Waals surface area contributed by atoms with Crippen molar-refractivity contribution in [1.82, 2.24) is 9.21 Å². The fourth-order valence-electron chi connectivity index (χ4n) is 5.00. The molecule has 1 amide bonds. The highest BCUT2D eigenvalue weighted by Gasteiger charge is 2.43. The molecule has 2 heterocycles. The molecule has 0 radical (unpaired) electrons. The van der Waals surface area contributed by atoms with Gasteiger partial charge in [0.2, 0.25) is 15.9 Å². The fourth-order valence-corrected chi connectivity index (χ4v) is 6.58. The van der Waals surface area contributed by atoms with Crippen LogP contribution in [0.15, 0.2) is 23.1 Å². The molecule has 1 aliphatic carbocycles. The van der Waals surface area contributed by atoms with E-state index in [2.05, 4.69) is 0 Å². The van der Waals surface area contributed by atoms with Crippen molar-refractivity contribution < 1.29 is 13.2 Å². The number of sulfonamides is 1. The Morgan fingerprint density at radius 2 is 1.82 bits per heavy atom. The fraction of sp³-hybridized carbons (Fsp3) is 0.650. The van der Waals surface area contributed by atoms with E-state index in [4.69, 9.17) is 5.73 Å². The molecule has 156 valence electrons. The lowest BCUT2D eigenvalue weighted by atomic mass is 9.78. The van der Waals surface area contributed by atoms with Gasteiger partial charge in [0, 0.05) is 39.1 Å². The number of carbonyl (C=O) groups excluding carboxylic acids is 1. The molecule has 1 saturated carbocycles. The number of fused-ring (bicyclic) bond motifs is 2. The number of hydrogen-bond donors (Lipinski definition) is 1. The average molecular weight is 428 g/mol. The van der Waals surface area contributed by atoms with Gasteiger partial charge in [-0.1, -0.05) is 12.5 Å². The van der Waals surface area contributed by atoms with Gasteiger partial charge in [0.05, 0.1) is 4.90 Å². The first-order valence-electron chi connectivity index (χ1n) is 9.99. The predicted octanol–water partition coefficient (Wildman–Crippen LogP) is 1.80. The monoisotopic (exact) mass is 427 g/mol. The molecule has 3 atom stereocenters. The van der Waals surface area contributed by atoms with Gasteiger partial charge < -0.3 is 10.6 Å². The summed E-state index contributed by atoms with van der Waals surface area (Å²) in [6, 6.07) is 5.62. The normalized spacial score (nSPS) is 28.1. The zero-order chi connectivity index (χ0) is 19.2. The van der Waals surface area contributed by atoms with Crippen LogP contribution in [-0.2, 0) is 27.7 Å².